The maximum atomic E-state index is 13.8. The van der Waals surface area contributed by atoms with Crippen molar-refractivity contribution in [2.24, 2.45) is 4.99 Å². The van der Waals surface area contributed by atoms with E-state index in [1.165, 1.54) is 6.07 Å². The lowest BCUT2D eigenvalue weighted by Crippen LogP contribution is -2.39. The van der Waals surface area contributed by atoms with E-state index in [0.717, 1.165) is 0 Å². The molecule has 0 radical (unpaired) electrons. The summed E-state index contributed by atoms with van der Waals surface area (Å²) in [6.07, 6.45) is 5.43. The lowest BCUT2D eigenvalue weighted by molar-refractivity contribution is 0.594. The van der Waals surface area contributed by atoms with Crippen LogP contribution in [0.15, 0.2) is 23.2 Å². The first kappa shape index (κ1) is 12.7. The first-order valence-electron chi connectivity index (χ1n) is 5.58. The monoisotopic (exact) mass is 265 g/mol. The predicted molar refractivity (Wildman–Crippen MR) is 71.0 cm³/mol. The summed E-state index contributed by atoms with van der Waals surface area (Å²) in [4.78, 5) is 4.23. The van der Waals surface area contributed by atoms with Crippen LogP contribution in [0, 0.1) is 18.2 Å². The zero-order valence-electron chi connectivity index (χ0n) is 9.87. The first-order chi connectivity index (χ1) is 8.60. The van der Waals surface area contributed by atoms with E-state index in [2.05, 4.69) is 21.5 Å². The van der Waals surface area contributed by atoms with Crippen LogP contribution in [0.1, 0.15) is 18.5 Å². The summed E-state index contributed by atoms with van der Waals surface area (Å²) in [6.45, 7) is 2.69. The molecule has 0 bridgehead atoms. The van der Waals surface area contributed by atoms with Gasteiger partial charge in [0.15, 0.2) is 5.96 Å². The molecule has 2 rings (SSSR count). The van der Waals surface area contributed by atoms with Crippen LogP contribution >= 0.6 is 11.6 Å². The Morgan fingerprint density at radius 2 is 2.44 bits per heavy atom. The second-order valence-electron chi connectivity index (χ2n) is 4.14. The Labute approximate surface area is 110 Å². The molecule has 0 spiro atoms. The summed E-state index contributed by atoms with van der Waals surface area (Å²) < 4.78 is 13.8. The minimum absolute atomic E-state index is 0.265. The Kier molecular flexibility index (Phi) is 3.73. The number of rotatable bonds is 2. The summed E-state index contributed by atoms with van der Waals surface area (Å²) in [6, 6.07) is 4.13. The third kappa shape index (κ3) is 2.74. The molecule has 1 aromatic rings. The van der Waals surface area contributed by atoms with Gasteiger partial charge in [0.05, 0.1) is 6.54 Å². The van der Waals surface area contributed by atoms with Crippen LogP contribution in [-0.2, 0) is 0 Å². The van der Waals surface area contributed by atoms with Crippen LogP contribution in [0.4, 0.5) is 4.39 Å². The van der Waals surface area contributed by atoms with E-state index in [1.54, 1.807) is 12.1 Å². The lowest BCUT2D eigenvalue weighted by atomic mass is 10.1. The molecular weight excluding hydrogens is 253 g/mol. The average Bonchev–Trinajstić information content (AvgIpc) is 2.72. The van der Waals surface area contributed by atoms with Crippen LogP contribution in [0.3, 0.4) is 0 Å². The molecule has 0 aliphatic carbocycles. The summed E-state index contributed by atoms with van der Waals surface area (Å²) in [7, 11) is 0. The van der Waals surface area contributed by atoms with Crippen LogP contribution in [0.2, 0.25) is 5.02 Å². The molecule has 0 fully saturated rings. The number of halogens is 2. The van der Waals surface area contributed by atoms with Gasteiger partial charge in [-0.1, -0.05) is 23.6 Å². The second kappa shape index (κ2) is 5.28. The normalized spacial score (nSPS) is 19.7. The number of nitrogens with one attached hydrogen (secondary N) is 2. The molecule has 3 nitrogen and oxygen atoms in total. The molecule has 1 aliphatic heterocycles. The molecule has 2 atom stereocenters. The van der Waals surface area contributed by atoms with Crippen LogP contribution in [0.5, 0.6) is 0 Å². The summed E-state index contributed by atoms with van der Waals surface area (Å²) >= 11 is 5.71. The van der Waals surface area contributed by atoms with Gasteiger partial charge < -0.3 is 10.6 Å². The minimum atomic E-state index is -0.571. The SMILES string of the molecule is C#CC(NC1=NCC(C)N1)c1ccc(Cl)cc1F. The number of hydrogen-bond acceptors (Lipinski definition) is 3. The Morgan fingerprint density at radius 1 is 1.67 bits per heavy atom. The van der Waals surface area contributed by atoms with Gasteiger partial charge in [0.25, 0.3) is 0 Å². The molecule has 94 valence electrons. The predicted octanol–water partition coefficient (Wildman–Crippen LogP) is 2.09. The fourth-order valence-corrected chi connectivity index (χ4v) is 1.88. The van der Waals surface area contributed by atoms with E-state index in [1.807, 2.05) is 6.92 Å². The third-order valence-electron chi connectivity index (χ3n) is 2.63. The first-order valence-corrected chi connectivity index (χ1v) is 5.96. The van der Waals surface area contributed by atoms with Crippen molar-refractivity contribution < 1.29 is 4.39 Å². The molecule has 0 saturated heterocycles. The fraction of sp³-hybridized carbons (Fsp3) is 0.308. The van der Waals surface area contributed by atoms with Gasteiger partial charge in [-0.2, -0.15) is 0 Å². The average molecular weight is 266 g/mol. The number of benzene rings is 1. The largest absolute Gasteiger partial charge is 0.352 e. The van der Waals surface area contributed by atoms with Gasteiger partial charge >= 0.3 is 0 Å². The Bertz CT molecular complexity index is 521. The highest BCUT2D eigenvalue weighted by Crippen LogP contribution is 2.20. The van der Waals surface area contributed by atoms with Gasteiger partial charge in [-0.25, -0.2) is 4.39 Å². The standard InChI is InChI=1S/C13H13ClFN3/c1-3-12(18-13-16-7-8(2)17-13)10-5-4-9(14)6-11(10)15/h1,4-6,8,12H,7H2,2H3,(H2,16,17,18). The van der Waals surface area contributed by atoms with Gasteiger partial charge in [0, 0.05) is 16.6 Å². The Morgan fingerprint density at radius 3 is 3.00 bits per heavy atom. The number of nitrogens with zero attached hydrogens (tertiary/aromatic N) is 1. The molecular formula is C13H13ClFN3. The molecule has 5 heteroatoms. The third-order valence-corrected chi connectivity index (χ3v) is 2.86. The topological polar surface area (TPSA) is 36.4 Å². The summed E-state index contributed by atoms with van der Waals surface area (Å²) in [5.74, 6) is 2.68. The number of hydrogen-bond donors (Lipinski definition) is 2. The molecule has 2 N–H and O–H groups in total. The highest BCUT2D eigenvalue weighted by Gasteiger charge is 2.18. The van der Waals surface area contributed by atoms with E-state index in [-0.39, 0.29) is 6.04 Å². The number of guanidine groups is 1. The smallest absolute Gasteiger partial charge is 0.192 e. The minimum Gasteiger partial charge on any atom is -0.352 e. The Balaban J connectivity index is 2.16. The molecule has 0 saturated carbocycles. The van der Waals surface area contributed by atoms with Crippen LogP contribution in [0.25, 0.3) is 0 Å². The molecule has 1 aromatic carbocycles. The maximum absolute atomic E-state index is 13.8. The highest BCUT2D eigenvalue weighted by molar-refractivity contribution is 6.30. The number of terminal acetylenes is 1. The van der Waals surface area contributed by atoms with Crippen LogP contribution in [-0.4, -0.2) is 18.5 Å². The van der Waals surface area contributed by atoms with E-state index in [9.17, 15) is 4.39 Å². The Hall–Kier alpha value is -1.73. The molecule has 1 heterocycles. The lowest BCUT2D eigenvalue weighted by Gasteiger charge is -2.16. The van der Waals surface area contributed by atoms with Crippen LogP contribution < -0.4 is 10.6 Å². The van der Waals surface area contributed by atoms with E-state index in [0.29, 0.717) is 23.1 Å². The van der Waals surface area contributed by atoms with Crippen molar-refractivity contribution in [2.45, 2.75) is 19.0 Å². The van der Waals surface area contributed by atoms with Crippen molar-refractivity contribution in [3.8, 4) is 12.3 Å². The molecule has 0 amide bonds. The zero-order chi connectivity index (χ0) is 13.1. The van der Waals surface area contributed by atoms with Gasteiger partial charge in [-0.15, -0.1) is 6.42 Å². The van der Waals surface area contributed by atoms with Gasteiger partial charge in [-0.05, 0) is 19.1 Å². The summed E-state index contributed by atoms with van der Waals surface area (Å²) in [5.41, 5.74) is 0.381. The fourth-order valence-electron chi connectivity index (χ4n) is 1.72. The van der Waals surface area contributed by atoms with Crippen molar-refractivity contribution in [3.63, 3.8) is 0 Å². The summed E-state index contributed by atoms with van der Waals surface area (Å²) in [5, 5.41) is 6.45. The van der Waals surface area contributed by atoms with Crippen molar-refractivity contribution in [2.75, 3.05) is 6.54 Å². The number of aliphatic imine (C=N–C) groups is 1. The van der Waals surface area contributed by atoms with Gasteiger partial charge in [0.1, 0.15) is 11.9 Å². The van der Waals surface area contributed by atoms with Crippen molar-refractivity contribution in [3.05, 3.63) is 34.6 Å². The van der Waals surface area contributed by atoms with E-state index < -0.39 is 11.9 Å². The molecule has 0 aromatic heterocycles. The molecule has 18 heavy (non-hydrogen) atoms. The molecule has 2 unspecified atom stereocenters. The quantitative estimate of drug-likeness (QED) is 0.804. The van der Waals surface area contributed by atoms with E-state index >= 15 is 0 Å². The van der Waals surface area contributed by atoms with Crippen molar-refractivity contribution >= 4 is 17.6 Å². The van der Waals surface area contributed by atoms with Crippen molar-refractivity contribution in [1.82, 2.24) is 10.6 Å². The molecule has 1 aliphatic rings. The zero-order valence-corrected chi connectivity index (χ0v) is 10.6. The van der Waals surface area contributed by atoms with Gasteiger partial charge in [0.2, 0.25) is 0 Å². The second-order valence-corrected chi connectivity index (χ2v) is 4.58. The highest BCUT2D eigenvalue weighted by atomic mass is 35.5. The van der Waals surface area contributed by atoms with Gasteiger partial charge in [-0.3, -0.25) is 4.99 Å². The van der Waals surface area contributed by atoms with Crippen molar-refractivity contribution in [1.29, 1.82) is 0 Å². The van der Waals surface area contributed by atoms with E-state index in [4.69, 9.17) is 18.0 Å². The maximum Gasteiger partial charge on any atom is 0.192 e.